The predicted molar refractivity (Wildman–Crippen MR) is 151 cm³/mol. The number of hydrogen-bond donors (Lipinski definition) is 3. The van der Waals surface area contributed by atoms with Gasteiger partial charge in [0.25, 0.3) is 5.91 Å². The van der Waals surface area contributed by atoms with Gasteiger partial charge in [0.1, 0.15) is 11.7 Å². The molecule has 38 heavy (non-hydrogen) atoms. The number of nitrogens with two attached hydrogens (primary N) is 2. The van der Waals surface area contributed by atoms with Crippen LogP contribution in [0.2, 0.25) is 0 Å². The number of amidine groups is 1. The molecule has 4 aromatic rings. The molecule has 1 amide bonds. The second-order valence-corrected chi connectivity index (χ2v) is 9.00. The SMILES string of the molecule is CCOCCCn1c(CCc2ccc(C(=N)N)cc2)nc2cc(C(=O)N(CCN)c3cccnc3)ccc21. The van der Waals surface area contributed by atoms with Crippen molar-refractivity contribution in [3.63, 3.8) is 0 Å². The van der Waals surface area contributed by atoms with Crippen LogP contribution in [0.5, 0.6) is 0 Å². The summed E-state index contributed by atoms with van der Waals surface area (Å²) in [4.78, 5) is 24.2. The lowest BCUT2D eigenvalue weighted by atomic mass is 10.1. The molecule has 0 aliphatic carbocycles. The summed E-state index contributed by atoms with van der Waals surface area (Å²) in [6.07, 6.45) is 5.74. The Morgan fingerprint density at radius 1 is 1.11 bits per heavy atom. The van der Waals surface area contributed by atoms with Crippen LogP contribution in [0.25, 0.3) is 11.0 Å². The van der Waals surface area contributed by atoms with Crippen LogP contribution in [0.1, 0.15) is 40.7 Å². The molecule has 2 aromatic carbocycles. The molecule has 0 aliphatic rings. The maximum atomic E-state index is 13.5. The van der Waals surface area contributed by atoms with Gasteiger partial charge in [0.2, 0.25) is 0 Å². The van der Waals surface area contributed by atoms with Crippen molar-refractivity contribution in [1.29, 1.82) is 5.41 Å². The molecule has 0 saturated heterocycles. The van der Waals surface area contributed by atoms with E-state index >= 15 is 0 Å². The number of anilines is 1. The van der Waals surface area contributed by atoms with Crippen LogP contribution in [-0.4, -0.2) is 52.6 Å². The molecule has 9 heteroatoms. The molecule has 0 unspecified atom stereocenters. The molecule has 0 fully saturated rings. The number of pyridine rings is 1. The maximum absolute atomic E-state index is 13.5. The summed E-state index contributed by atoms with van der Waals surface area (Å²) in [5.74, 6) is 0.887. The number of rotatable bonds is 13. The highest BCUT2D eigenvalue weighted by molar-refractivity contribution is 6.07. The van der Waals surface area contributed by atoms with Crippen molar-refractivity contribution < 1.29 is 9.53 Å². The van der Waals surface area contributed by atoms with Crippen molar-refractivity contribution in [3.8, 4) is 0 Å². The van der Waals surface area contributed by atoms with Crippen LogP contribution < -0.4 is 16.4 Å². The van der Waals surface area contributed by atoms with E-state index in [2.05, 4.69) is 9.55 Å². The standard InChI is InChI=1S/C29H35N7O2/c1-2-38-18-4-16-36-26-12-11-23(29(37)35(17-14-30)24-5-3-15-33-20-24)19-25(26)34-27(36)13-8-21-6-9-22(10-7-21)28(31)32/h3,5-7,9-12,15,19-20H,2,4,8,13-14,16-18,30H2,1H3,(H3,31,32). The Kier molecular flexibility index (Phi) is 9.18. The number of carbonyl (C=O) groups excluding carboxylic acids is 1. The number of nitrogens with one attached hydrogen (secondary N) is 1. The number of hydrogen-bond acceptors (Lipinski definition) is 6. The highest BCUT2D eigenvalue weighted by Gasteiger charge is 2.19. The first kappa shape index (κ1) is 27.0. The second-order valence-electron chi connectivity index (χ2n) is 9.00. The Balaban J connectivity index is 1.61. The summed E-state index contributed by atoms with van der Waals surface area (Å²) in [6, 6.07) is 17.1. The third-order valence-corrected chi connectivity index (χ3v) is 6.41. The summed E-state index contributed by atoms with van der Waals surface area (Å²) < 4.78 is 7.79. The molecule has 2 aromatic heterocycles. The van der Waals surface area contributed by atoms with E-state index in [-0.39, 0.29) is 11.7 Å². The molecule has 0 radical (unpaired) electrons. The van der Waals surface area contributed by atoms with Gasteiger partial charge < -0.3 is 25.7 Å². The number of nitrogens with zero attached hydrogens (tertiary/aromatic N) is 4. The quantitative estimate of drug-likeness (QED) is 0.142. The Hall–Kier alpha value is -4.08. The number of benzene rings is 2. The topological polar surface area (TPSA) is 136 Å². The third-order valence-electron chi connectivity index (χ3n) is 6.41. The monoisotopic (exact) mass is 513 g/mol. The minimum atomic E-state index is -0.136. The molecule has 4 rings (SSSR count). The average Bonchev–Trinajstić information content (AvgIpc) is 3.29. The van der Waals surface area contributed by atoms with E-state index in [4.69, 9.17) is 26.6 Å². The predicted octanol–water partition coefficient (Wildman–Crippen LogP) is 3.53. The van der Waals surface area contributed by atoms with E-state index in [0.29, 0.717) is 43.1 Å². The van der Waals surface area contributed by atoms with Crippen molar-refractivity contribution >= 4 is 28.5 Å². The van der Waals surface area contributed by atoms with Gasteiger partial charge in [0.05, 0.1) is 22.9 Å². The molecule has 2 heterocycles. The Labute approximate surface area is 223 Å². The van der Waals surface area contributed by atoms with Gasteiger partial charge in [-0.25, -0.2) is 4.98 Å². The lowest BCUT2D eigenvalue weighted by Gasteiger charge is -2.21. The van der Waals surface area contributed by atoms with E-state index in [1.165, 1.54) is 0 Å². The maximum Gasteiger partial charge on any atom is 0.258 e. The number of ether oxygens (including phenoxy) is 1. The van der Waals surface area contributed by atoms with Gasteiger partial charge in [-0.2, -0.15) is 0 Å². The van der Waals surface area contributed by atoms with Crippen molar-refractivity contribution in [2.75, 3.05) is 31.2 Å². The van der Waals surface area contributed by atoms with E-state index in [1.807, 2.05) is 55.5 Å². The molecule has 198 valence electrons. The zero-order chi connectivity index (χ0) is 26.9. The average molecular weight is 514 g/mol. The first-order valence-electron chi connectivity index (χ1n) is 12.9. The molecule has 0 saturated carbocycles. The van der Waals surface area contributed by atoms with Gasteiger partial charge >= 0.3 is 0 Å². The number of carbonyl (C=O) groups is 1. The fraction of sp³-hybridized carbons (Fsp3) is 0.310. The Bertz CT molecular complexity index is 1370. The van der Waals surface area contributed by atoms with Crippen LogP contribution in [0.15, 0.2) is 67.0 Å². The van der Waals surface area contributed by atoms with E-state index in [0.717, 1.165) is 48.2 Å². The summed E-state index contributed by atoms with van der Waals surface area (Å²) in [7, 11) is 0. The molecule has 9 nitrogen and oxygen atoms in total. The zero-order valence-corrected chi connectivity index (χ0v) is 21.8. The normalized spacial score (nSPS) is 11.1. The van der Waals surface area contributed by atoms with E-state index < -0.39 is 0 Å². The molecule has 0 aliphatic heterocycles. The molecular formula is C29H35N7O2. The molecule has 0 atom stereocenters. The minimum Gasteiger partial charge on any atom is -0.384 e. The number of aromatic nitrogens is 3. The number of fused-ring (bicyclic) bond motifs is 1. The molecule has 0 bridgehead atoms. The van der Waals surface area contributed by atoms with Crippen LogP contribution in [0.4, 0.5) is 5.69 Å². The molecule has 0 spiro atoms. The summed E-state index contributed by atoms with van der Waals surface area (Å²) in [6.45, 7) is 4.87. The van der Waals surface area contributed by atoms with Crippen molar-refractivity contribution in [3.05, 3.63) is 89.5 Å². The fourth-order valence-electron chi connectivity index (χ4n) is 4.48. The van der Waals surface area contributed by atoms with Crippen molar-refractivity contribution in [2.24, 2.45) is 11.5 Å². The smallest absolute Gasteiger partial charge is 0.258 e. The van der Waals surface area contributed by atoms with Gasteiger partial charge in [-0.1, -0.05) is 24.3 Å². The van der Waals surface area contributed by atoms with Gasteiger partial charge in [-0.15, -0.1) is 0 Å². The highest BCUT2D eigenvalue weighted by atomic mass is 16.5. The third kappa shape index (κ3) is 6.42. The fourth-order valence-corrected chi connectivity index (χ4v) is 4.48. The summed E-state index contributed by atoms with van der Waals surface area (Å²) in [5, 5.41) is 7.59. The number of aryl methyl sites for hydroxylation is 3. The van der Waals surface area contributed by atoms with Gasteiger partial charge in [-0.3, -0.25) is 15.2 Å². The van der Waals surface area contributed by atoms with Crippen molar-refractivity contribution in [1.82, 2.24) is 14.5 Å². The van der Waals surface area contributed by atoms with Gasteiger partial charge in [0, 0.05) is 56.6 Å². The number of imidazole rings is 1. The van der Waals surface area contributed by atoms with Gasteiger partial charge in [-0.05, 0) is 55.7 Å². The zero-order valence-electron chi connectivity index (χ0n) is 21.8. The summed E-state index contributed by atoms with van der Waals surface area (Å²) >= 11 is 0. The summed E-state index contributed by atoms with van der Waals surface area (Å²) in [5.41, 5.74) is 16.3. The van der Waals surface area contributed by atoms with Crippen molar-refractivity contribution in [2.45, 2.75) is 32.7 Å². The highest BCUT2D eigenvalue weighted by Crippen LogP contribution is 2.23. The van der Waals surface area contributed by atoms with Crippen LogP contribution in [0.3, 0.4) is 0 Å². The van der Waals surface area contributed by atoms with Crippen LogP contribution in [-0.2, 0) is 24.1 Å². The Morgan fingerprint density at radius 3 is 2.58 bits per heavy atom. The Morgan fingerprint density at radius 2 is 1.89 bits per heavy atom. The first-order chi connectivity index (χ1) is 18.5. The van der Waals surface area contributed by atoms with E-state index in [1.54, 1.807) is 23.4 Å². The molecule has 5 N–H and O–H groups in total. The minimum absolute atomic E-state index is 0.0616. The molecular weight excluding hydrogens is 478 g/mol. The van der Waals surface area contributed by atoms with E-state index in [9.17, 15) is 4.79 Å². The first-order valence-corrected chi connectivity index (χ1v) is 12.9. The van der Waals surface area contributed by atoms with Crippen LogP contribution in [0, 0.1) is 5.41 Å². The van der Waals surface area contributed by atoms with Gasteiger partial charge in [0.15, 0.2) is 0 Å². The lowest BCUT2D eigenvalue weighted by molar-refractivity contribution is 0.0987. The number of amides is 1. The van der Waals surface area contributed by atoms with Crippen LogP contribution >= 0.6 is 0 Å². The lowest BCUT2D eigenvalue weighted by Crippen LogP contribution is -2.35. The largest absolute Gasteiger partial charge is 0.384 e. The second kappa shape index (κ2) is 12.9. The number of nitrogen functional groups attached to an aromatic ring is 1.